The molecule has 3 aromatic rings. The number of carboxylic acid groups (broad SMARTS) is 1. The van der Waals surface area contributed by atoms with E-state index < -0.39 is 23.5 Å². The van der Waals surface area contributed by atoms with Gasteiger partial charge in [0.05, 0.1) is 13.2 Å². The van der Waals surface area contributed by atoms with Gasteiger partial charge in [0.25, 0.3) is 5.91 Å². The maximum absolute atomic E-state index is 12.5. The summed E-state index contributed by atoms with van der Waals surface area (Å²) in [5.74, 6) is -2.09. The zero-order valence-electron chi connectivity index (χ0n) is 15.2. The molecule has 7 heteroatoms. The van der Waals surface area contributed by atoms with Crippen LogP contribution in [0.3, 0.4) is 0 Å². The smallest absolute Gasteiger partial charge is 0.349 e. The molecule has 1 unspecified atom stereocenters. The summed E-state index contributed by atoms with van der Waals surface area (Å²) < 4.78 is 10.6. The van der Waals surface area contributed by atoms with Crippen molar-refractivity contribution < 1.29 is 23.8 Å². The molecular weight excluding hydrogens is 362 g/mol. The topological polar surface area (TPSA) is 106 Å². The van der Waals surface area contributed by atoms with E-state index in [0.717, 1.165) is 11.1 Å². The van der Waals surface area contributed by atoms with Gasteiger partial charge in [-0.3, -0.25) is 4.79 Å². The van der Waals surface area contributed by atoms with E-state index >= 15 is 0 Å². The fourth-order valence-electron chi connectivity index (χ4n) is 2.68. The number of carbonyl (C=O) groups is 2. The second-order valence-corrected chi connectivity index (χ2v) is 6.35. The fourth-order valence-corrected chi connectivity index (χ4v) is 2.68. The number of fused-ring (bicyclic) bond motifs is 1. The Labute approximate surface area is 160 Å². The van der Waals surface area contributed by atoms with E-state index in [2.05, 4.69) is 5.32 Å². The second-order valence-electron chi connectivity index (χ2n) is 6.35. The van der Waals surface area contributed by atoms with Crippen LogP contribution in [0, 0.1) is 6.92 Å². The molecule has 0 fully saturated rings. The van der Waals surface area contributed by atoms with Gasteiger partial charge in [-0.05, 0) is 30.7 Å². The first-order valence-corrected chi connectivity index (χ1v) is 8.64. The molecule has 1 aromatic heterocycles. The molecule has 3 rings (SSSR count). The van der Waals surface area contributed by atoms with Crippen molar-refractivity contribution in [1.82, 2.24) is 5.32 Å². The minimum atomic E-state index is -1.30. The second kappa shape index (κ2) is 8.49. The highest BCUT2D eigenvalue weighted by molar-refractivity contribution is 5.98. The van der Waals surface area contributed by atoms with Crippen LogP contribution < -0.4 is 10.9 Å². The van der Waals surface area contributed by atoms with Crippen LogP contribution in [-0.2, 0) is 16.1 Å². The van der Waals surface area contributed by atoms with Crippen molar-refractivity contribution in [2.45, 2.75) is 19.6 Å². The summed E-state index contributed by atoms with van der Waals surface area (Å²) in [4.78, 5) is 36.0. The maximum atomic E-state index is 12.5. The number of aryl methyl sites for hydroxylation is 1. The van der Waals surface area contributed by atoms with Crippen LogP contribution >= 0.6 is 0 Å². The Morgan fingerprint density at radius 3 is 2.61 bits per heavy atom. The Bertz CT molecular complexity index is 1060. The van der Waals surface area contributed by atoms with E-state index in [1.807, 2.05) is 37.3 Å². The number of benzene rings is 2. The summed E-state index contributed by atoms with van der Waals surface area (Å²) in [7, 11) is 0. The van der Waals surface area contributed by atoms with E-state index in [9.17, 15) is 19.5 Å². The Balaban J connectivity index is 1.71. The lowest BCUT2D eigenvalue weighted by Gasteiger charge is -2.14. The molecule has 0 saturated heterocycles. The maximum Gasteiger partial charge on any atom is 0.349 e. The number of ether oxygens (including phenoxy) is 1. The van der Waals surface area contributed by atoms with Crippen LogP contribution in [0.2, 0.25) is 0 Å². The van der Waals surface area contributed by atoms with Gasteiger partial charge in [-0.25, -0.2) is 9.59 Å². The van der Waals surface area contributed by atoms with Gasteiger partial charge in [-0.1, -0.05) is 42.0 Å². The van der Waals surface area contributed by atoms with Crippen molar-refractivity contribution in [2.24, 2.45) is 0 Å². The number of amides is 1. The first-order valence-electron chi connectivity index (χ1n) is 8.64. The molecule has 0 aliphatic heterocycles. The molecule has 1 atom stereocenters. The van der Waals surface area contributed by atoms with Gasteiger partial charge in [0, 0.05) is 5.39 Å². The van der Waals surface area contributed by atoms with E-state index in [1.165, 1.54) is 6.07 Å². The fraction of sp³-hybridized carbons (Fsp3) is 0.190. The lowest BCUT2D eigenvalue weighted by Crippen LogP contribution is -2.45. The van der Waals surface area contributed by atoms with Gasteiger partial charge >= 0.3 is 11.6 Å². The van der Waals surface area contributed by atoms with Crippen LogP contribution in [0.1, 0.15) is 21.5 Å². The average molecular weight is 381 g/mol. The van der Waals surface area contributed by atoms with Crippen molar-refractivity contribution in [2.75, 3.05) is 6.61 Å². The van der Waals surface area contributed by atoms with Gasteiger partial charge in [-0.2, -0.15) is 0 Å². The molecule has 0 saturated carbocycles. The standard InChI is InChI=1S/C21H19NO6/c1-13-7-8-18-15(9-13)10-16(21(26)28-18)19(23)22-17(20(24)25)12-27-11-14-5-3-2-4-6-14/h2-10,17H,11-12H2,1H3,(H,22,23)(H,24,25). The number of carboxylic acids is 1. The van der Waals surface area contributed by atoms with Gasteiger partial charge in [0.15, 0.2) is 6.04 Å². The van der Waals surface area contributed by atoms with E-state index in [1.54, 1.807) is 18.2 Å². The predicted octanol–water partition coefficient (Wildman–Crippen LogP) is 2.50. The first-order chi connectivity index (χ1) is 13.4. The van der Waals surface area contributed by atoms with Crippen molar-refractivity contribution >= 4 is 22.8 Å². The molecule has 0 radical (unpaired) electrons. The van der Waals surface area contributed by atoms with Gasteiger partial charge in [-0.15, -0.1) is 0 Å². The summed E-state index contributed by atoms with van der Waals surface area (Å²) in [6, 6.07) is 14.5. The van der Waals surface area contributed by atoms with Crippen LogP contribution in [0.4, 0.5) is 0 Å². The summed E-state index contributed by atoms with van der Waals surface area (Å²) in [6.07, 6.45) is 0. The van der Waals surface area contributed by atoms with Crippen molar-refractivity contribution in [1.29, 1.82) is 0 Å². The van der Waals surface area contributed by atoms with Gasteiger partial charge in [0.1, 0.15) is 11.1 Å². The molecule has 1 amide bonds. The average Bonchev–Trinajstić information content (AvgIpc) is 2.67. The molecule has 1 heterocycles. The Morgan fingerprint density at radius 1 is 1.14 bits per heavy atom. The number of hydrogen-bond donors (Lipinski definition) is 2. The quantitative estimate of drug-likeness (QED) is 0.609. The third kappa shape index (κ3) is 4.63. The van der Waals surface area contributed by atoms with Gasteiger partial charge < -0.3 is 19.6 Å². The van der Waals surface area contributed by atoms with Gasteiger partial charge in [0.2, 0.25) is 0 Å². The molecule has 7 nitrogen and oxygen atoms in total. The lowest BCUT2D eigenvalue weighted by molar-refractivity contribution is -0.141. The normalized spacial score (nSPS) is 11.9. The zero-order chi connectivity index (χ0) is 20.1. The van der Waals surface area contributed by atoms with Crippen molar-refractivity contribution in [3.05, 3.63) is 81.7 Å². The molecule has 0 aliphatic carbocycles. The molecule has 2 N–H and O–H groups in total. The highest BCUT2D eigenvalue weighted by Gasteiger charge is 2.23. The highest BCUT2D eigenvalue weighted by Crippen LogP contribution is 2.15. The van der Waals surface area contributed by atoms with Crippen molar-refractivity contribution in [3.8, 4) is 0 Å². The Morgan fingerprint density at radius 2 is 1.89 bits per heavy atom. The molecule has 2 aromatic carbocycles. The monoisotopic (exact) mass is 381 g/mol. The van der Waals surface area contributed by atoms with Crippen molar-refractivity contribution in [3.63, 3.8) is 0 Å². The van der Waals surface area contributed by atoms with Crippen LogP contribution in [0.15, 0.2) is 63.8 Å². The zero-order valence-corrected chi connectivity index (χ0v) is 15.2. The number of nitrogens with one attached hydrogen (secondary N) is 1. The summed E-state index contributed by atoms with van der Waals surface area (Å²) in [5, 5.41) is 12.2. The lowest BCUT2D eigenvalue weighted by atomic mass is 10.1. The number of rotatable bonds is 7. The molecule has 0 spiro atoms. The molecule has 0 aliphatic rings. The SMILES string of the molecule is Cc1ccc2oc(=O)c(C(=O)NC(COCc3ccccc3)C(=O)O)cc2c1. The first kappa shape index (κ1) is 19.3. The Kier molecular flexibility index (Phi) is 5.86. The van der Waals surface area contributed by atoms with Crippen LogP contribution in [0.5, 0.6) is 0 Å². The molecule has 0 bridgehead atoms. The highest BCUT2D eigenvalue weighted by atomic mass is 16.5. The summed E-state index contributed by atoms with van der Waals surface area (Å²) in [6.45, 7) is 1.83. The summed E-state index contributed by atoms with van der Waals surface area (Å²) >= 11 is 0. The molecule has 28 heavy (non-hydrogen) atoms. The van der Waals surface area contributed by atoms with Crippen LogP contribution in [-0.4, -0.2) is 29.6 Å². The largest absolute Gasteiger partial charge is 0.480 e. The number of aliphatic carboxylic acids is 1. The third-order valence-corrected chi connectivity index (χ3v) is 4.13. The minimum absolute atomic E-state index is 0.206. The molecule has 144 valence electrons. The van der Waals surface area contributed by atoms with E-state index in [0.29, 0.717) is 11.0 Å². The predicted molar refractivity (Wildman–Crippen MR) is 102 cm³/mol. The molecular formula is C21H19NO6. The van der Waals surface area contributed by atoms with E-state index in [-0.39, 0.29) is 18.8 Å². The Hall–Kier alpha value is -3.45. The van der Waals surface area contributed by atoms with Crippen LogP contribution in [0.25, 0.3) is 11.0 Å². The number of carbonyl (C=O) groups excluding carboxylic acids is 1. The van der Waals surface area contributed by atoms with E-state index in [4.69, 9.17) is 9.15 Å². The minimum Gasteiger partial charge on any atom is -0.480 e. The third-order valence-electron chi connectivity index (χ3n) is 4.13. The number of hydrogen-bond acceptors (Lipinski definition) is 5. The summed E-state index contributed by atoms with van der Waals surface area (Å²) in [5.41, 5.74) is 1.08.